The molecule has 1 atom stereocenters. The minimum atomic E-state index is -0.816. The van der Waals surface area contributed by atoms with Gasteiger partial charge in [0.05, 0.1) is 24.7 Å². The predicted octanol–water partition coefficient (Wildman–Crippen LogP) is 2.64. The van der Waals surface area contributed by atoms with Crippen LogP contribution in [-0.2, 0) is 19.1 Å². The van der Waals surface area contributed by atoms with Gasteiger partial charge in [-0.3, -0.25) is 9.89 Å². The number of carbonyl (C=O) groups excluding carboxylic acids is 2. The fourth-order valence-electron chi connectivity index (χ4n) is 2.22. The van der Waals surface area contributed by atoms with Gasteiger partial charge in [-0.05, 0) is 45.9 Å². The highest BCUT2D eigenvalue weighted by atomic mass is 16.6. The molecule has 0 saturated carbocycles. The van der Waals surface area contributed by atoms with Crippen molar-refractivity contribution in [1.29, 1.82) is 0 Å². The molecular weight excluding hydrogens is 310 g/mol. The second kappa shape index (κ2) is 7.33. The smallest absolute Gasteiger partial charge is 0.329 e. The van der Waals surface area contributed by atoms with Crippen molar-refractivity contribution in [2.24, 2.45) is 0 Å². The Kier molecular flexibility index (Phi) is 5.43. The van der Waals surface area contributed by atoms with E-state index in [1.165, 1.54) is 0 Å². The fraction of sp³-hybridized carbons (Fsp3) is 0.471. The highest BCUT2D eigenvalue weighted by Gasteiger charge is 2.26. The van der Waals surface area contributed by atoms with E-state index in [1.807, 2.05) is 18.2 Å². The van der Waals surface area contributed by atoms with Crippen molar-refractivity contribution >= 4 is 28.5 Å². The van der Waals surface area contributed by atoms with E-state index in [9.17, 15) is 9.59 Å². The van der Waals surface area contributed by atoms with E-state index in [1.54, 1.807) is 33.9 Å². The van der Waals surface area contributed by atoms with Gasteiger partial charge >= 0.3 is 11.9 Å². The first-order chi connectivity index (χ1) is 11.3. The van der Waals surface area contributed by atoms with Crippen LogP contribution in [0.1, 0.15) is 34.1 Å². The Balaban J connectivity index is 2.12. The van der Waals surface area contributed by atoms with Crippen LogP contribution in [0.3, 0.4) is 0 Å². The SMILES string of the molecule is CCOC(=O)[C@H](CC(=O)OC(C)(C)C)Nc1ccc2[nH]ncc2c1. The third-order valence-electron chi connectivity index (χ3n) is 3.14. The third kappa shape index (κ3) is 4.97. The van der Waals surface area contributed by atoms with Crippen LogP contribution in [0.25, 0.3) is 10.9 Å². The van der Waals surface area contributed by atoms with Gasteiger partial charge in [-0.15, -0.1) is 0 Å². The molecule has 0 aliphatic rings. The number of H-pyrrole nitrogens is 1. The van der Waals surface area contributed by atoms with Gasteiger partial charge in [-0.25, -0.2) is 4.79 Å². The first-order valence-corrected chi connectivity index (χ1v) is 7.86. The van der Waals surface area contributed by atoms with E-state index < -0.39 is 23.6 Å². The minimum absolute atomic E-state index is 0.112. The van der Waals surface area contributed by atoms with E-state index >= 15 is 0 Å². The summed E-state index contributed by atoms with van der Waals surface area (Å²) in [5, 5.41) is 10.8. The van der Waals surface area contributed by atoms with E-state index in [-0.39, 0.29) is 13.0 Å². The number of hydrogen-bond donors (Lipinski definition) is 2. The summed E-state index contributed by atoms with van der Waals surface area (Å²) in [6.07, 6.45) is 1.58. The van der Waals surface area contributed by atoms with Crippen molar-refractivity contribution in [1.82, 2.24) is 10.2 Å². The zero-order chi connectivity index (χ0) is 17.7. The van der Waals surface area contributed by atoms with Crippen molar-refractivity contribution in [3.8, 4) is 0 Å². The molecule has 2 N–H and O–H groups in total. The van der Waals surface area contributed by atoms with Gasteiger partial charge in [-0.1, -0.05) is 0 Å². The van der Waals surface area contributed by atoms with Crippen molar-refractivity contribution in [3.63, 3.8) is 0 Å². The number of benzene rings is 1. The molecule has 0 saturated heterocycles. The summed E-state index contributed by atoms with van der Waals surface area (Å²) in [7, 11) is 0. The van der Waals surface area contributed by atoms with Gasteiger partial charge in [0.15, 0.2) is 0 Å². The number of rotatable bonds is 6. The molecule has 0 unspecified atom stereocenters. The summed E-state index contributed by atoms with van der Waals surface area (Å²) in [5.41, 5.74) is 0.984. The second-order valence-electron chi connectivity index (χ2n) is 6.41. The number of ether oxygens (including phenoxy) is 2. The average Bonchev–Trinajstić information content (AvgIpc) is 2.92. The van der Waals surface area contributed by atoms with Gasteiger partial charge in [-0.2, -0.15) is 5.10 Å². The lowest BCUT2D eigenvalue weighted by molar-refractivity contribution is -0.158. The van der Waals surface area contributed by atoms with Crippen LogP contribution in [0, 0.1) is 0 Å². The van der Waals surface area contributed by atoms with Crippen LogP contribution in [0.2, 0.25) is 0 Å². The normalized spacial score (nSPS) is 12.7. The molecule has 7 heteroatoms. The molecule has 2 rings (SSSR count). The maximum Gasteiger partial charge on any atom is 0.329 e. The van der Waals surface area contributed by atoms with E-state index in [4.69, 9.17) is 9.47 Å². The molecule has 7 nitrogen and oxygen atoms in total. The van der Waals surface area contributed by atoms with Gasteiger partial charge in [0.25, 0.3) is 0 Å². The Bertz CT molecular complexity index is 718. The number of anilines is 1. The first kappa shape index (κ1) is 17.8. The van der Waals surface area contributed by atoms with Crippen molar-refractivity contribution < 1.29 is 19.1 Å². The number of nitrogens with zero attached hydrogens (tertiary/aromatic N) is 1. The second-order valence-corrected chi connectivity index (χ2v) is 6.41. The van der Waals surface area contributed by atoms with E-state index in [0.29, 0.717) is 5.69 Å². The molecule has 0 bridgehead atoms. The highest BCUT2D eigenvalue weighted by Crippen LogP contribution is 2.19. The molecule has 1 aromatic carbocycles. The summed E-state index contributed by atoms with van der Waals surface area (Å²) in [6.45, 7) is 7.31. The van der Waals surface area contributed by atoms with Crippen molar-refractivity contribution in [2.45, 2.75) is 45.8 Å². The Hall–Kier alpha value is -2.57. The van der Waals surface area contributed by atoms with E-state index in [2.05, 4.69) is 15.5 Å². The van der Waals surface area contributed by atoms with Crippen LogP contribution in [0.4, 0.5) is 5.69 Å². The highest BCUT2D eigenvalue weighted by molar-refractivity contribution is 5.87. The first-order valence-electron chi connectivity index (χ1n) is 7.86. The van der Waals surface area contributed by atoms with Crippen LogP contribution in [-0.4, -0.2) is 40.4 Å². The molecule has 130 valence electrons. The molecule has 24 heavy (non-hydrogen) atoms. The quantitative estimate of drug-likeness (QED) is 0.789. The van der Waals surface area contributed by atoms with Crippen LogP contribution in [0.5, 0.6) is 0 Å². The van der Waals surface area contributed by atoms with Crippen molar-refractivity contribution in [3.05, 3.63) is 24.4 Å². The largest absolute Gasteiger partial charge is 0.464 e. The zero-order valence-corrected chi connectivity index (χ0v) is 14.4. The molecule has 1 aromatic heterocycles. The Labute approximate surface area is 140 Å². The van der Waals surface area contributed by atoms with Crippen molar-refractivity contribution in [2.75, 3.05) is 11.9 Å². The topological polar surface area (TPSA) is 93.3 Å². The van der Waals surface area contributed by atoms with Gasteiger partial charge in [0.2, 0.25) is 0 Å². The van der Waals surface area contributed by atoms with Crippen LogP contribution >= 0.6 is 0 Å². The summed E-state index contributed by atoms with van der Waals surface area (Å²) >= 11 is 0. The maximum absolute atomic E-state index is 12.2. The van der Waals surface area contributed by atoms with Gasteiger partial charge in [0, 0.05) is 11.1 Å². The predicted molar refractivity (Wildman–Crippen MR) is 90.6 cm³/mol. The summed E-state index contributed by atoms with van der Waals surface area (Å²) in [6, 6.07) is 4.69. The van der Waals surface area contributed by atoms with Crippen LogP contribution in [0.15, 0.2) is 24.4 Å². The average molecular weight is 333 g/mol. The standard InChI is InChI=1S/C17H23N3O4/c1-5-23-16(22)14(9-15(21)24-17(2,3)4)19-12-6-7-13-11(8-12)10-18-20-13/h6-8,10,14,19H,5,9H2,1-4H3,(H,18,20)/t14-/m0/s1. The number of esters is 2. The van der Waals surface area contributed by atoms with Gasteiger partial charge in [0.1, 0.15) is 11.6 Å². The lowest BCUT2D eigenvalue weighted by atomic mass is 10.1. The molecule has 0 fully saturated rings. The summed E-state index contributed by atoms with van der Waals surface area (Å²) in [4.78, 5) is 24.2. The Morgan fingerprint density at radius 1 is 1.33 bits per heavy atom. The number of hydrogen-bond acceptors (Lipinski definition) is 6. The Morgan fingerprint density at radius 2 is 2.08 bits per heavy atom. The van der Waals surface area contributed by atoms with E-state index in [0.717, 1.165) is 10.9 Å². The monoisotopic (exact) mass is 333 g/mol. The maximum atomic E-state index is 12.2. The molecule has 0 aliphatic heterocycles. The molecule has 0 aliphatic carbocycles. The third-order valence-corrected chi connectivity index (χ3v) is 3.14. The lowest BCUT2D eigenvalue weighted by Crippen LogP contribution is -2.36. The number of nitrogens with one attached hydrogen (secondary N) is 2. The van der Waals surface area contributed by atoms with Gasteiger partial charge < -0.3 is 14.8 Å². The van der Waals surface area contributed by atoms with Crippen LogP contribution < -0.4 is 5.32 Å². The molecule has 2 aromatic rings. The summed E-state index contributed by atoms with van der Waals surface area (Å²) in [5.74, 6) is -0.951. The number of aromatic nitrogens is 2. The lowest BCUT2D eigenvalue weighted by Gasteiger charge is -2.22. The Morgan fingerprint density at radius 3 is 2.75 bits per heavy atom. The number of fused-ring (bicyclic) bond motifs is 1. The summed E-state index contributed by atoms with van der Waals surface area (Å²) < 4.78 is 10.3. The molecule has 1 heterocycles. The number of aromatic amines is 1. The number of carbonyl (C=O) groups is 2. The molecular formula is C17H23N3O4. The molecule has 0 radical (unpaired) electrons. The molecule has 0 amide bonds. The fourth-order valence-corrected chi connectivity index (χ4v) is 2.22. The zero-order valence-electron chi connectivity index (χ0n) is 14.4. The molecule has 0 spiro atoms. The minimum Gasteiger partial charge on any atom is -0.464 e.